The Morgan fingerprint density at radius 1 is 1.33 bits per heavy atom. The Hall–Kier alpha value is -2.15. The summed E-state index contributed by atoms with van der Waals surface area (Å²) in [5.41, 5.74) is 1.59. The molecule has 7 heteroatoms. The molecule has 1 unspecified atom stereocenters. The monoisotopic (exact) mass is 305 g/mol. The molecular formula is C14H15N3O3S. The lowest BCUT2D eigenvalue weighted by molar-refractivity contribution is -0.134. The first-order valence-corrected chi connectivity index (χ1v) is 7.69. The van der Waals surface area contributed by atoms with Gasteiger partial charge in [-0.2, -0.15) is 0 Å². The third-order valence-corrected chi connectivity index (χ3v) is 4.53. The van der Waals surface area contributed by atoms with Crippen LogP contribution in [-0.4, -0.2) is 23.8 Å². The van der Waals surface area contributed by atoms with E-state index in [9.17, 15) is 14.4 Å². The molecule has 0 aromatic carbocycles. The summed E-state index contributed by atoms with van der Waals surface area (Å²) in [5, 5.41) is 10.9. The quantitative estimate of drug-likeness (QED) is 0.715. The number of allylic oxidation sites excluding steroid dienone is 1. The molecule has 6 nitrogen and oxygen atoms in total. The molecule has 1 aromatic rings. The van der Waals surface area contributed by atoms with Crippen molar-refractivity contribution in [1.29, 1.82) is 0 Å². The van der Waals surface area contributed by atoms with Crippen LogP contribution < -0.4 is 16.0 Å². The summed E-state index contributed by atoms with van der Waals surface area (Å²) in [6.45, 7) is 0. The number of amides is 3. The number of rotatable bonds is 2. The van der Waals surface area contributed by atoms with Crippen LogP contribution in [-0.2, 0) is 16.0 Å². The van der Waals surface area contributed by atoms with Crippen molar-refractivity contribution in [2.45, 2.75) is 31.7 Å². The van der Waals surface area contributed by atoms with Crippen molar-refractivity contribution >= 4 is 34.1 Å². The molecule has 3 heterocycles. The number of imide groups is 1. The third kappa shape index (κ3) is 2.82. The zero-order valence-electron chi connectivity index (χ0n) is 11.3. The predicted octanol–water partition coefficient (Wildman–Crippen LogP) is 1.15. The fourth-order valence-corrected chi connectivity index (χ4v) is 3.43. The van der Waals surface area contributed by atoms with Gasteiger partial charge in [-0.3, -0.25) is 19.7 Å². The van der Waals surface area contributed by atoms with Crippen molar-refractivity contribution in [3.05, 3.63) is 28.8 Å². The molecule has 0 spiro atoms. The van der Waals surface area contributed by atoms with E-state index in [1.807, 2.05) is 12.3 Å². The van der Waals surface area contributed by atoms with Gasteiger partial charge in [-0.15, -0.1) is 11.3 Å². The summed E-state index contributed by atoms with van der Waals surface area (Å²) in [4.78, 5) is 35.2. The summed E-state index contributed by atoms with van der Waals surface area (Å²) < 4.78 is 0. The number of hydrogen-bond acceptors (Lipinski definition) is 5. The minimum absolute atomic E-state index is 0.254. The molecule has 0 saturated carbocycles. The Morgan fingerprint density at radius 2 is 2.19 bits per heavy atom. The predicted molar refractivity (Wildman–Crippen MR) is 79.0 cm³/mol. The van der Waals surface area contributed by atoms with Gasteiger partial charge in [0.15, 0.2) is 0 Å². The highest BCUT2D eigenvalue weighted by Gasteiger charge is 2.29. The van der Waals surface area contributed by atoms with Crippen molar-refractivity contribution in [3.63, 3.8) is 0 Å². The first-order valence-electron chi connectivity index (χ1n) is 6.81. The van der Waals surface area contributed by atoms with Crippen molar-refractivity contribution in [3.8, 4) is 0 Å². The highest BCUT2D eigenvalue weighted by Crippen LogP contribution is 2.31. The van der Waals surface area contributed by atoms with Crippen molar-refractivity contribution < 1.29 is 14.4 Å². The molecule has 1 atom stereocenters. The summed E-state index contributed by atoms with van der Waals surface area (Å²) in [6, 6.07) is -0.636. The third-order valence-electron chi connectivity index (χ3n) is 3.58. The van der Waals surface area contributed by atoms with Crippen LogP contribution in [0.1, 0.15) is 35.2 Å². The molecule has 1 saturated heterocycles. The molecule has 2 aliphatic rings. The Kier molecular flexibility index (Phi) is 3.74. The second kappa shape index (κ2) is 5.69. The van der Waals surface area contributed by atoms with Crippen LogP contribution in [0.2, 0.25) is 0 Å². The lowest BCUT2D eigenvalue weighted by Gasteiger charge is -2.21. The first kappa shape index (κ1) is 13.8. The van der Waals surface area contributed by atoms with Gasteiger partial charge in [-0.05, 0) is 31.0 Å². The minimum Gasteiger partial charge on any atom is -0.354 e. The van der Waals surface area contributed by atoms with Crippen LogP contribution >= 0.6 is 11.3 Å². The fraction of sp³-hybridized carbons (Fsp3) is 0.357. The average Bonchev–Trinajstić information content (AvgIpc) is 2.71. The molecule has 21 heavy (non-hydrogen) atoms. The lowest BCUT2D eigenvalue weighted by atomic mass is 10.0. The topological polar surface area (TPSA) is 87.3 Å². The van der Waals surface area contributed by atoms with Gasteiger partial charge in [-0.1, -0.05) is 6.08 Å². The van der Waals surface area contributed by atoms with Crippen molar-refractivity contribution in [2.75, 3.05) is 5.32 Å². The molecule has 1 fully saturated rings. The number of carbonyl (C=O) groups excluding carboxylic acids is 3. The maximum atomic E-state index is 12.4. The number of piperidine rings is 1. The van der Waals surface area contributed by atoms with Gasteiger partial charge < -0.3 is 10.6 Å². The largest absolute Gasteiger partial charge is 0.354 e. The Bertz CT molecular complexity index is 635. The van der Waals surface area contributed by atoms with Gasteiger partial charge in [0.1, 0.15) is 6.04 Å². The molecule has 1 aromatic heterocycles. The number of fused-ring (bicyclic) bond motifs is 1. The summed E-state index contributed by atoms with van der Waals surface area (Å²) >= 11 is 1.48. The Labute approximate surface area is 125 Å². The molecule has 110 valence electrons. The van der Waals surface area contributed by atoms with E-state index in [0.717, 1.165) is 23.4 Å². The van der Waals surface area contributed by atoms with Crippen LogP contribution in [0.25, 0.3) is 0 Å². The van der Waals surface area contributed by atoms with E-state index in [0.29, 0.717) is 12.0 Å². The van der Waals surface area contributed by atoms with E-state index in [-0.39, 0.29) is 18.2 Å². The Morgan fingerprint density at radius 3 is 3.00 bits per heavy atom. The first-order chi connectivity index (χ1) is 10.1. The standard InChI is InChI=1S/C14H15N3O3S/c18-11-5-4-10(13(20)17-11)16-12(19)9-7-21-14-8(9)3-1-2-6-15-14/h2,6-7,10,15H,1,3-5H2,(H,16,19)(H,17,18,20). The number of thiophene rings is 1. The highest BCUT2D eigenvalue weighted by molar-refractivity contribution is 7.14. The zero-order chi connectivity index (χ0) is 14.8. The molecule has 0 aliphatic carbocycles. The summed E-state index contributed by atoms with van der Waals surface area (Å²) in [6.07, 6.45) is 6.17. The lowest BCUT2D eigenvalue weighted by Crippen LogP contribution is -2.52. The van der Waals surface area contributed by atoms with Crippen molar-refractivity contribution in [1.82, 2.24) is 10.6 Å². The van der Waals surface area contributed by atoms with Gasteiger partial charge >= 0.3 is 0 Å². The van der Waals surface area contributed by atoms with E-state index in [1.165, 1.54) is 11.3 Å². The highest BCUT2D eigenvalue weighted by atomic mass is 32.1. The van der Waals surface area contributed by atoms with Gasteiger partial charge in [0.2, 0.25) is 11.8 Å². The van der Waals surface area contributed by atoms with Gasteiger partial charge in [0, 0.05) is 11.8 Å². The smallest absolute Gasteiger partial charge is 0.253 e. The van der Waals surface area contributed by atoms with Crippen LogP contribution in [0, 0.1) is 0 Å². The molecule has 0 bridgehead atoms. The normalized spacial score (nSPS) is 21.0. The van der Waals surface area contributed by atoms with Crippen molar-refractivity contribution in [2.24, 2.45) is 0 Å². The van der Waals surface area contributed by atoms with E-state index in [2.05, 4.69) is 16.0 Å². The Balaban J connectivity index is 1.73. The number of hydrogen-bond donors (Lipinski definition) is 3. The molecule has 3 N–H and O–H groups in total. The van der Waals surface area contributed by atoms with E-state index < -0.39 is 11.9 Å². The number of anilines is 1. The number of carbonyl (C=O) groups is 3. The molecular weight excluding hydrogens is 290 g/mol. The van der Waals surface area contributed by atoms with E-state index in [1.54, 1.807) is 5.38 Å². The summed E-state index contributed by atoms with van der Waals surface area (Å²) in [7, 11) is 0. The van der Waals surface area contributed by atoms with Crippen LogP contribution in [0.4, 0.5) is 5.00 Å². The van der Waals surface area contributed by atoms with Crippen LogP contribution in [0.15, 0.2) is 17.7 Å². The SMILES string of the molecule is O=C1CCC(NC(=O)c2csc3c2CCC=CN3)C(=O)N1. The second-order valence-electron chi connectivity index (χ2n) is 5.02. The molecule has 0 radical (unpaired) electrons. The maximum absolute atomic E-state index is 12.4. The molecule has 2 aliphatic heterocycles. The van der Waals surface area contributed by atoms with E-state index >= 15 is 0 Å². The average molecular weight is 305 g/mol. The van der Waals surface area contributed by atoms with Gasteiger partial charge in [0.25, 0.3) is 5.91 Å². The fourth-order valence-electron chi connectivity index (χ4n) is 2.46. The van der Waals surface area contributed by atoms with Crippen LogP contribution in [0.5, 0.6) is 0 Å². The second-order valence-corrected chi connectivity index (χ2v) is 5.90. The molecule has 3 amide bonds. The van der Waals surface area contributed by atoms with Crippen LogP contribution in [0.3, 0.4) is 0 Å². The summed E-state index contributed by atoms with van der Waals surface area (Å²) in [5.74, 6) is -0.975. The number of nitrogens with one attached hydrogen (secondary N) is 3. The maximum Gasteiger partial charge on any atom is 0.253 e. The van der Waals surface area contributed by atoms with E-state index in [4.69, 9.17) is 0 Å². The minimum atomic E-state index is -0.636. The van der Waals surface area contributed by atoms with Gasteiger partial charge in [0.05, 0.1) is 10.6 Å². The molecule has 3 rings (SSSR count). The zero-order valence-corrected chi connectivity index (χ0v) is 12.1. The van der Waals surface area contributed by atoms with Gasteiger partial charge in [-0.25, -0.2) is 0 Å².